The molecule has 3 rings (SSSR count). The smallest absolute Gasteiger partial charge is 0.241 e. The fourth-order valence-electron chi connectivity index (χ4n) is 3.34. The molecule has 7 nitrogen and oxygen atoms in total. The second kappa shape index (κ2) is 8.53. The summed E-state index contributed by atoms with van der Waals surface area (Å²) in [5.74, 6) is 0.894. The molecule has 1 aliphatic rings. The lowest BCUT2D eigenvalue weighted by Crippen LogP contribution is -2.43. The van der Waals surface area contributed by atoms with Crippen LogP contribution in [0.1, 0.15) is 23.6 Å². The molecule has 0 spiro atoms. The van der Waals surface area contributed by atoms with Gasteiger partial charge in [0.15, 0.2) is 11.5 Å². The van der Waals surface area contributed by atoms with Crippen LogP contribution in [0.25, 0.3) is 0 Å². The van der Waals surface area contributed by atoms with E-state index in [1.807, 2.05) is 32.9 Å². The van der Waals surface area contributed by atoms with Gasteiger partial charge in [0.2, 0.25) is 18.6 Å². The van der Waals surface area contributed by atoms with Crippen molar-refractivity contribution in [3.63, 3.8) is 0 Å². The first-order chi connectivity index (χ1) is 13.7. The Balaban J connectivity index is 1.57. The van der Waals surface area contributed by atoms with Crippen molar-refractivity contribution < 1.29 is 19.1 Å². The molecule has 154 valence electrons. The highest BCUT2D eigenvalue weighted by atomic mass is 16.7. The van der Waals surface area contributed by atoms with E-state index >= 15 is 0 Å². The van der Waals surface area contributed by atoms with Gasteiger partial charge in [-0.2, -0.15) is 0 Å². The number of amides is 2. The zero-order valence-corrected chi connectivity index (χ0v) is 17.5. The van der Waals surface area contributed by atoms with E-state index in [1.165, 1.54) is 0 Å². The van der Waals surface area contributed by atoms with Crippen molar-refractivity contribution in [2.45, 2.75) is 33.7 Å². The Morgan fingerprint density at radius 3 is 2.38 bits per heavy atom. The number of nitrogens with one attached hydrogen (secondary N) is 2. The molecule has 0 aliphatic carbocycles. The van der Waals surface area contributed by atoms with Gasteiger partial charge in [-0.15, -0.1) is 0 Å². The lowest BCUT2D eigenvalue weighted by Gasteiger charge is -2.24. The van der Waals surface area contributed by atoms with E-state index in [-0.39, 0.29) is 25.2 Å². The molecule has 0 aromatic heterocycles. The topological polar surface area (TPSA) is 79.9 Å². The maximum Gasteiger partial charge on any atom is 0.241 e. The highest BCUT2D eigenvalue weighted by molar-refractivity contribution is 5.97. The van der Waals surface area contributed by atoms with Crippen molar-refractivity contribution in [1.29, 1.82) is 0 Å². The zero-order valence-electron chi connectivity index (χ0n) is 17.5. The van der Waals surface area contributed by atoms with Crippen LogP contribution in [0.15, 0.2) is 30.3 Å². The summed E-state index contributed by atoms with van der Waals surface area (Å²) in [7, 11) is 1.75. The Morgan fingerprint density at radius 1 is 1.03 bits per heavy atom. The molecule has 7 heteroatoms. The van der Waals surface area contributed by atoms with Gasteiger partial charge in [-0.05, 0) is 58.0 Å². The van der Waals surface area contributed by atoms with Gasteiger partial charge >= 0.3 is 0 Å². The summed E-state index contributed by atoms with van der Waals surface area (Å²) in [6, 6.07) is 8.82. The molecule has 2 N–H and O–H groups in total. The monoisotopic (exact) mass is 397 g/mol. The average Bonchev–Trinajstić information content (AvgIpc) is 3.11. The maximum absolute atomic E-state index is 12.6. The molecule has 0 bridgehead atoms. The number of hydrogen-bond acceptors (Lipinski definition) is 5. The van der Waals surface area contributed by atoms with Crippen LogP contribution in [0.3, 0.4) is 0 Å². The third-order valence-electron chi connectivity index (χ3n) is 5.02. The molecule has 1 heterocycles. The Morgan fingerprint density at radius 2 is 1.69 bits per heavy atom. The van der Waals surface area contributed by atoms with Crippen LogP contribution in [0.2, 0.25) is 0 Å². The highest BCUT2D eigenvalue weighted by Crippen LogP contribution is 2.34. The van der Waals surface area contributed by atoms with Crippen LogP contribution < -0.4 is 20.1 Å². The lowest BCUT2D eigenvalue weighted by molar-refractivity contribution is -0.122. The molecule has 2 aromatic rings. The molecule has 0 fully saturated rings. The molecule has 2 amide bonds. The van der Waals surface area contributed by atoms with Gasteiger partial charge in [0, 0.05) is 17.4 Å². The Labute approximate surface area is 171 Å². The largest absolute Gasteiger partial charge is 0.454 e. The zero-order chi connectivity index (χ0) is 21.1. The molecule has 0 saturated carbocycles. The van der Waals surface area contributed by atoms with E-state index in [4.69, 9.17) is 9.47 Å². The number of carbonyl (C=O) groups is 2. The normalized spacial score (nSPS) is 13.3. The number of carbonyl (C=O) groups excluding carboxylic acids is 2. The van der Waals surface area contributed by atoms with E-state index in [1.54, 1.807) is 37.1 Å². The third kappa shape index (κ3) is 4.86. The van der Waals surface area contributed by atoms with Crippen LogP contribution in [0.4, 0.5) is 11.4 Å². The fraction of sp³-hybridized carbons (Fsp3) is 0.364. The van der Waals surface area contributed by atoms with Crippen molar-refractivity contribution >= 4 is 23.2 Å². The van der Waals surface area contributed by atoms with Crippen molar-refractivity contribution in [2.24, 2.45) is 0 Å². The van der Waals surface area contributed by atoms with E-state index in [0.29, 0.717) is 17.2 Å². The number of hydrogen-bond donors (Lipinski definition) is 2. The van der Waals surface area contributed by atoms with Crippen LogP contribution >= 0.6 is 0 Å². The molecule has 1 aliphatic heterocycles. The second-order valence-electron chi connectivity index (χ2n) is 7.47. The summed E-state index contributed by atoms with van der Waals surface area (Å²) in [5.41, 5.74) is 4.64. The first kappa shape index (κ1) is 20.7. The minimum atomic E-state index is -0.494. The van der Waals surface area contributed by atoms with E-state index in [2.05, 4.69) is 10.6 Å². The quantitative estimate of drug-likeness (QED) is 0.782. The number of nitrogens with zero attached hydrogens (tertiary/aromatic N) is 1. The molecule has 0 saturated heterocycles. The summed E-state index contributed by atoms with van der Waals surface area (Å²) in [4.78, 5) is 26.8. The molecular formula is C22H27N3O4. The highest BCUT2D eigenvalue weighted by Gasteiger charge is 2.22. The fourth-order valence-corrected chi connectivity index (χ4v) is 3.34. The number of fused-ring (bicyclic) bond motifs is 1. The van der Waals surface area contributed by atoms with Gasteiger partial charge < -0.3 is 20.1 Å². The lowest BCUT2D eigenvalue weighted by atomic mass is 10.1. The van der Waals surface area contributed by atoms with Gasteiger partial charge in [-0.25, -0.2) is 0 Å². The minimum absolute atomic E-state index is 0.0997. The number of benzene rings is 2. The number of aryl methyl sites for hydroxylation is 3. The summed E-state index contributed by atoms with van der Waals surface area (Å²) in [6.07, 6.45) is 0. The van der Waals surface area contributed by atoms with Crippen molar-refractivity contribution in [3.8, 4) is 11.5 Å². The Bertz CT molecular complexity index is 919. The molecule has 29 heavy (non-hydrogen) atoms. The predicted octanol–water partition coefficient (Wildman–Crippen LogP) is 3.24. The first-order valence-electron chi connectivity index (χ1n) is 9.53. The average molecular weight is 397 g/mol. The summed E-state index contributed by atoms with van der Waals surface area (Å²) in [6.45, 7) is 8.02. The van der Waals surface area contributed by atoms with E-state index in [9.17, 15) is 9.59 Å². The molecular weight excluding hydrogens is 370 g/mol. The van der Waals surface area contributed by atoms with Gasteiger partial charge in [0.05, 0.1) is 12.6 Å². The van der Waals surface area contributed by atoms with Crippen molar-refractivity contribution in [2.75, 3.05) is 31.0 Å². The Kier molecular flexibility index (Phi) is 6.08. The minimum Gasteiger partial charge on any atom is -0.454 e. The number of anilines is 2. The van der Waals surface area contributed by atoms with E-state index < -0.39 is 6.04 Å². The summed E-state index contributed by atoms with van der Waals surface area (Å²) < 4.78 is 10.6. The second-order valence-corrected chi connectivity index (χ2v) is 7.47. The number of rotatable bonds is 6. The molecule has 2 aromatic carbocycles. The van der Waals surface area contributed by atoms with Gasteiger partial charge in [0.25, 0.3) is 0 Å². The summed E-state index contributed by atoms with van der Waals surface area (Å²) >= 11 is 0. The van der Waals surface area contributed by atoms with Crippen molar-refractivity contribution in [1.82, 2.24) is 4.90 Å². The van der Waals surface area contributed by atoms with Crippen LogP contribution in [-0.4, -0.2) is 43.1 Å². The Hall–Kier alpha value is -3.06. The van der Waals surface area contributed by atoms with Gasteiger partial charge in [-0.3, -0.25) is 14.5 Å². The molecule has 0 unspecified atom stereocenters. The molecule has 1 atom stereocenters. The number of likely N-dealkylation sites (N-methyl/N-ethyl adjacent to an activating group) is 1. The summed E-state index contributed by atoms with van der Waals surface area (Å²) in [5, 5.41) is 5.82. The SMILES string of the molecule is Cc1cc(C)c(NC(=O)CN(C)[C@H](C)C(=O)Nc2ccc3c(c2)OCO3)c(C)c1. The molecule has 0 radical (unpaired) electrons. The maximum atomic E-state index is 12.6. The van der Waals surface area contributed by atoms with Crippen molar-refractivity contribution in [3.05, 3.63) is 47.0 Å². The van der Waals surface area contributed by atoms with E-state index in [0.717, 1.165) is 22.4 Å². The van der Waals surface area contributed by atoms with Crippen LogP contribution in [0.5, 0.6) is 11.5 Å². The van der Waals surface area contributed by atoms with Gasteiger partial charge in [0.1, 0.15) is 0 Å². The van der Waals surface area contributed by atoms with Gasteiger partial charge in [-0.1, -0.05) is 17.7 Å². The standard InChI is InChI=1S/C22H27N3O4/c1-13-8-14(2)21(15(3)9-13)24-20(26)11-25(5)16(4)22(27)23-17-6-7-18-19(10-17)29-12-28-18/h6-10,16H,11-12H2,1-5H3,(H,23,27)(H,24,26)/t16-/m1/s1. The third-order valence-corrected chi connectivity index (χ3v) is 5.02. The number of ether oxygens (including phenoxy) is 2. The first-order valence-corrected chi connectivity index (χ1v) is 9.53. The predicted molar refractivity (Wildman–Crippen MR) is 113 cm³/mol. The van der Waals surface area contributed by atoms with Crippen LogP contribution in [0, 0.1) is 20.8 Å². The van der Waals surface area contributed by atoms with Crippen LogP contribution in [-0.2, 0) is 9.59 Å².